The Kier molecular flexibility index (Phi) is 15.8. The molecule has 81 heavy (non-hydrogen) atoms. The zero-order valence-corrected chi connectivity index (χ0v) is 47.6. The van der Waals surface area contributed by atoms with Crippen LogP contribution in [0, 0.1) is 5.41 Å². The maximum atomic E-state index is 14.2. The van der Waals surface area contributed by atoms with E-state index in [9.17, 15) is 22.8 Å². The third-order valence-electron chi connectivity index (χ3n) is 16.7. The molecule has 0 unspecified atom stereocenters. The number of ether oxygens (including phenoxy) is 2. The summed E-state index contributed by atoms with van der Waals surface area (Å²) >= 11 is 7.06. The van der Waals surface area contributed by atoms with E-state index in [1.165, 1.54) is 45.0 Å². The van der Waals surface area contributed by atoms with Crippen LogP contribution in [-0.4, -0.2) is 120 Å². The fourth-order valence-electron chi connectivity index (χ4n) is 12.2. The first-order chi connectivity index (χ1) is 39.1. The van der Waals surface area contributed by atoms with Crippen molar-refractivity contribution in [2.45, 2.75) is 79.3 Å². The van der Waals surface area contributed by atoms with Crippen molar-refractivity contribution in [1.82, 2.24) is 29.4 Å². The standard InChI is InChI=1S/C63H64ClF3N8O4S2/c1-62(2)21-19-42(54(36-62)40-11-13-43(64)14-12-40)38-72-23-25-73(26-24-72)45-15-17-53(57(34-45)79-47-31-41-20-22-68-59(41)69-37-47)60(76)71-81-48-16-18-56(58(35-48)80-63(65,66)67)70-44-32-46(33-44)74-27-29-75(30-28-74)61(77)78-39-55-51-9-5-3-7-49(51)50-8-4-6-10-52(50)55/h3-18,20,22,31,34-35,37,44,46,55,70H,19,21,23-30,32-33,36,38-39H2,1-2H3,(H,68,69)(H,71,76). The summed E-state index contributed by atoms with van der Waals surface area (Å²) in [7, 11) is 0. The van der Waals surface area contributed by atoms with E-state index in [2.05, 4.69) is 85.0 Å². The minimum Gasteiger partial charge on any atom is -0.455 e. The van der Waals surface area contributed by atoms with Crippen molar-refractivity contribution in [3.05, 3.63) is 167 Å². The average molecular weight is 1150 g/mol. The molecule has 3 N–H and O–H groups in total. The lowest BCUT2D eigenvalue weighted by Gasteiger charge is -2.46. The van der Waals surface area contributed by atoms with Gasteiger partial charge in [-0.1, -0.05) is 91.7 Å². The summed E-state index contributed by atoms with van der Waals surface area (Å²) in [5.74, 6) is 0.312. The van der Waals surface area contributed by atoms with Gasteiger partial charge in [-0.25, -0.2) is 9.78 Å². The number of allylic oxidation sites excluding steroid dienone is 1. The molecule has 2 aliphatic heterocycles. The lowest BCUT2D eigenvalue weighted by Crippen LogP contribution is -2.57. The second kappa shape index (κ2) is 23.3. The quantitative estimate of drug-likeness (QED) is 0.0673. The van der Waals surface area contributed by atoms with Crippen LogP contribution in [0.4, 0.5) is 29.3 Å². The van der Waals surface area contributed by atoms with Crippen LogP contribution in [0.25, 0.3) is 27.7 Å². The first kappa shape index (κ1) is 54.9. The topological polar surface area (TPSA) is 118 Å². The molecule has 0 spiro atoms. The number of carbonyl (C=O) groups is 2. The predicted octanol–water partition coefficient (Wildman–Crippen LogP) is 14.4. The normalized spacial score (nSPS) is 19.5. The number of hydrogen-bond donors (Lipinski definition) is 3. The number of pyridine rings is 1. The fourth-order valence-corrected chi connectivity index (χ4v) is 13.7. The first-order valence-corrected chi connectivity index (χ1v) is 29.8. The fraction of sp³-hybridized carbons (Fsp3) is 0.349. The van der Waals surface area contributed by atoms with Crippen LogP contribution in [-0.2, 0) is 4.74 Å². The summed E-state index contributed by atoms with van der Waals surface area (Å²) in [6.07, 6.45) is 7.84. The lowest BCUT2D eigenvalue weighted by atomic mass is 9.72. The molecular formula is C63H64ClF3N8O4S2. The monoisotopic (exact) mass is 1150 g/mol. The molecular weight excluding hydrogens is 1090 g/mol. The van der Waals surface area contributed by atoms with Crippen molar-refractivity contribution in [1.29, 1.82) is 0 Å². The largest absolute Gasteiger partial charge is 0.455 e. The van der Waals surface area contributed by atoms with Gasteiger partial charge in [-0.15, -0.1) is 0 Å². The number of H-pyrrole nitrogens is 1. The number of fused-ring (bicyclic) bond motifs is 4. The molecule has 7 aromatic rings. The minimum absolute atomic E-state index is 0.00815. The number of alkyl halides is 3. The zero-order valence-electron chi connectivity index (χ0n) is 45.2. The lowest BCUT2D eigenvalue weighted by molar-refractivity contribution is -0.0328. The molecule has 0 bridgehead atoms. The molecule has 420 valence electrons. The number of thioether (sulfide) groups is 1. The Hall–Kier alpha value is -6.63. The van der Waals surface area contributed by atoms with Gasteiger partial charge < -0.3 is 29.6 Å². The van der Waals surface area contributed by atoms with Crippen LogP contribution in [0.5, 0.6) is 11.5 Å². The molecule has 2 amide bonds. The number of aromatic nitrogens is 2. The summed E-state index contributed by atoms with van der Waals surface area (Å²) in [6.45, 7) is 11.6. The Morgan fingerprint density at radius 3 is 2.30 bits per heavy atom. The number of anilines is 2. The Labute approximate surface area is 483 Å². The summed E-state index contributed by atoms with van der Waals surface area (Å²) < 4.78 is 57.7. The minimum atomic E-state index is -4.54. The van der Waals surface area contributed by atoms with Crippen LogP contribution in [0.1, 0.15) is 78.9 Å². The first-order valence-electron chi connectivity index (χ1n) is 27.8. The number of nitrogens with zero attached hydrogens (tertiary/aromatic N) is 5. The number of aromatic amines is 1. The summed E-state index contributed by atoms with van der Waals surface area (Å²) in [6, 6.07) is 39.2. The average Bonchev–Trinajstić information content (AvgIpc) is 4.30. The van der Waals surface area contributed by atoms with Gasteiger partial charge in [0.1, 0.15) is 23.8 Å². The highest BCUT2D eigenvalue weighted by molar-refractivity contribution is 8.00. The molecule has 0 atom stereocenters. The SMILES string of the molecule is CC1(C)CCC(CN2CCN(c3ccc(C(=O)NSc4ccc(NC5CC(N6CCN(C(=O)OCC7c8ccccc8-c8ccccc87)CC6)C5)c(SC(F)(F)F)c4)c(Oc4cnc5[nH]ccc5c4)c3)CC2)=C(c2ccc(Cl)cc2)C1. The molecule has 0 radical (unpaired) electrons. The van der Waals surface area contributed by atoms with E-state index in [-0.39, 0.29) is 58.3 Å². The van der Waals surface area contributed by atoms with Crippen molar-refractivity contribution >= 4 is 75.3 Å². The molecule has 12 nitrogen and oxygen atoms in total. The van der Waals surface area contributed by atoms with E-state index in [0.717, 1.165) is 92.9 Å². The van der Waals surface area contributed by atoms with Crippen molar-refractivity contribution in [2.75, 3.05) is 75.7 Å². The summed E-state index contributed by atoms with van der Waals surface area (Å²) in [4.78, 5) is 44.5. The maximum absolute atomic E-state index is 14.2. The number of benzene rings is 5. The van der Waals surface area contributed by atoms with Gasteiger partial charge in [-0.05, 0) is 149 Å². The number of carbonyl (C=O) groups excluding carboxylic acids is 2. The van der Waals surface area contributed by atoms with E-state index in [4.69, 9.17) is 21.1 Å². The van der Waals surface area contributed by atoms with Crippen molar-refractivity contribution in [3.8, 4) is 22.6 Å². The van der Waals surface area contributed by atoms with Gasteiger partial charge in [-0.2, -0.15) is 13.2 Å². The molecule has 4 heterocycles. The second-order valence-corrected chi connectivity index (χ2v) is 25.0. The van der Waals surface area contributed by atoms with Gasteiger partial charge in [0.2, 0.25) is 0 Å². The van der Waals surface area contributed by atoms with E-state index < -0.39 is 11.4 Å². The van der Waals surface area contributed by atoms with Crippen molar-refractivity contribution in [2.24, 2.45) is 5.41 Å². The maximum Gasteiger partial charge on any atom is 0.446 e. The number of rotatable bonds is 15. The molecule has 1 saturated carbocycles. The number of hydrogen-bond acceptors (Lipinski definition) is 11. The van der Waals surface area contributed by atoms with Gasteiger partial charge in [0, 0.05) is 121 Å². The van der Waals surface area contributed by atoms with Crippen LogP contribution >= 0.6 is 35.3 Å². The molecule has 2 aromatic heterocycles. The third kappa shape index (κ3) is 12.6. The van der Waals surface area contributed by atoms with E-state index >= 15 is 0 Å². The molecule has 3 fully saturated rings. The Balaban J connectivity index is 0.662. The van der Waals surface area contributed by atoms with Gasteiger partial charge in [-0.3, -0.25) is 19.3 Å². The Bertz CT molecular complexity index is 3440. The van der Waals surface area contributed by atoms with Crippen LogP contribution < -0.4 is 19.7 Å². The Morgan fingerprint density at radius 2 is 1.57 bits per heavy atom. The zero-order chi connectivity index (χ0) is 55.8. The summed E-state index contributed by atoms with van der Waals surface area (Å²) in [5, 5.41) is 4.97. The van der Waals surface area contributed by atoms with Crippen molar-refractivity contribution < 1.29 is 32.2 Å². The van der Waals surface area contributed by atoms with Gasteiger partial charge in [0.05, 0.1) is 11.8 Å². The molecule has 2 saturated heterocycles. The molecule has 5 aliphatic rings. The van der Waals surface area contributed by atoms with Crippen LogP contribution in [0.15, 0.2) is 149 Å². The number of halogens is 4. The van der Waals surface area contributed by atoms with Gasteiger partial charge in [0.15, 0.2) is 0 Å². The second-order valence-electron chi connectivity index (χ2n) is 22.6. The highest BCUT2D eigenvalue weighted by Crippen LogP contribution is 2.47. The number of amides is 2. The highest BCUT2D eigenvalue weighted by atomic mass is 35.5. The van der Waals surface area contributed by atoms with Crippen LogP contribution in [0.2, 0.25) is 5.02 Å². The van der Waals surface area contributed by atoms with E-state index in [1.807, 2.05) is 60.7 Å². The number of piperazine rings is 2. The van der Waals surface area contributed by atoms with Crippen LogP contribution in [0.3, 0.4) is 0 Å². The van der Waals surface area contributed by atoms with Gasteiger partial charge >= 0.3 is 11.6 Å². The molecule has 18 heteroatoms. The summed E-state index contributed by atoms with van der Waals surface area (Å²) in [5.41, 5.74) is 6.83. The van der Waals surface area contributed by atoms with Gasteiger partial charge in [0.25, 0.3) is 5.91 Å². The number of nitrogens with one attached hydrogen (secondary N) is 3. The van der Waals surface area contributed by atoms with E-state index in [0.29, 0.717) is 53.9 Å². The molecule has 5 aromatic carbocycles. The third-order valence-corrected chi connectivity index (χ3v) is 18.5. The van der Waals surface area contributed by atoms with E-state index in [1.54, 1.807) is 35.5 Å². The Morgan fingerprint density at radius 1 is 0.840 bits per heavy atom. The smallest absolute Gasteiger partial charge is 0.446 e. The molecule has 3 aliphatic carbocycles. The van der Waals surface area contributed by atoms with Crippen molar-refractivity contribution in [3.63, 3.8) is 0 Å². The highest BCUT2D eigenvalue weighted by Gasteiger charge is 2.38. The predicted molar refractivity (Wildman–Crippen MR) is 318 cm³/mol. The molecule has 12 rings (SSSR count).